The van der Waals surface area contributed by atoms with Crippen LogP contribution in [0.5, 0.6) is 5.75 Å². The Hall–Kier alpha value is -2.46. The van der Waals surface area contributed by atoms with Gasteiger partial charge in [-0.25, -0.2) is 0 Å². The van der Waals surface area contributed by atoms with Gasteiger partial charge in [0, 0.05) is 23.0 Å². The molecule has 3 rings (SSSR count). The third kappa shape index (κ3) is 2.53. The molecule has 1 heterocycles. The van der Waals surface area contributed by atoms with Gasteiger partial charge in [-0.1, -0.05) is 29.8 Å². The predicted molar refractivity (Wildman–Crippen MR) is 88.9 cm³/mol. The minimum atomic E-state index is -0.195. The van der Waals surface area contributed by atoms with Gasteiger partial charge >= 0.3 is 0 Å². The van der Waals surface area contributed by atoms with Gasteiger partial charge in [0.2, 0.25) is 0 Å². The van der Waals surface area contributed by atoms with Gasteiger partial charge in [0.1, 0.15) is 11.4 Å². The quantitative estimate of drug-likeness (QED) is 0.791. The van der Waals surface area contributed by atoms with Crippen LogP contribution in [0.1, 0.15) is 10.5 Å². The molecule has 0 saturated heterocycles. The van der Waals surface area contributed by atoms with Crippen molar-refractivity contribution >= 4 is 34.1 Å². The summed E-state index contributed by atoms with van der Waals surface area (Å²) in [5.74, 6) is 0.428. The third-order valence-corrected chi connectivity index (χ3v) is 3.83. The summed E-state index contributed by atoms with van der Waals surface area (Å²) in [6, 6.07) is 14.7. The number of carbonyl (C=O) groups is 1. The molecule has 0 bridgehead atoms. The number of methoxy groups -OCH3 is 1. The molecule has 0 aliphatic carbocycles. The molecule has 2 aromatic carbocycles. The lowest BCUT2D eigenvalue weighted by atomic mass is 10.2. The van der Waals surface area contributed by atoms with Crippen LogP contribution in [0.4, 0.5) is 5.69 Å². The molecule has 0 aliphatic rings. The van der Waals surface area contributed by atoms with Crippen molar-refractivity contribution in [2.24, 2.45) is 7.05 Å². The minimum absolute atomic E-state index is 0.195. The molecule has 3 aromatic rings. The average Bonchev–Trinajstić information content (AvgIpc) is 2.85. The second kappa shape index (κ2) is 5.73. The fourth-order valence-corrected chi connectivity index (χ4v) is 2.62. The van der Waals surface area contributed by atoms with Gasteiger partial charge in [0.15, 0.2) is 0 Å². The maximum Gasteiger partial charge on any atom is 0.272 e. The second-order valence-corrected chi connectivity index (χ2v) is 5.38. The fraction of sp³-hybridized carbons (Fsp3) is 0.118. The van der Waals surface area contributed by atoms with Gasteiger partial charge in [-0.3, -0.25) is 4.79 Å². The summed E-state index contributed by atoms with van der Waals surface area (Å²) in [7, 11) is 3.42. The van der Waals surface area contributed by atoms with Gasteiger partial charge in [-0.05, 0) is 30.3 Å². The zero-order valence-corrected chi connectivity index (χ0v) is 13.0. The molecule has 0 aliphatic heterocycles. The van der Waals surface area contributed by atoms with E-state index in [0.29, 0.717) is 22.2 Å². The van der Waals surface area contributed by atoms with Crippen molar-refractivity contribution in [1.82, 2.24) is 4.57 Å². The lowest BCUT2D eigenvalue weighted by molar-refractivity contribution is 0.101. The SMILES string of the molecule is COc1ccccc1NC(=O)c1cc2ccc(Cl)cc2n1C. The highest BCUT2D eigenvalue weighted by atomic mass is 35.5. The van der Waals surface area contributed by atoms with E-state index in [1.165, 1.54) is 0 Å². The molecule has 112 valence electrons. The number of rotatable bonds is 3. The molecule has 1 N–H and O–H groups in total. The summed E-state index contributed by atoms with van der Waals surface area (Å²) in [5.41, 5.74) is 2.11. The average molecular weight is 315 g/mol. The molecule has 0 saturated carbocycles. The molecule has 22 heavy (non-hydrogen) atoms. The topological polar surface area (TPSA) is 43.3 Å². The maximum atomic E-state index is 12.5. The summed E-state index contributed by atoms with van der Waals surface area (Å²) in [6.07, 6.45) is 0. The van der Waals surface area contributed by atoms with Crippen LogP contribution in [-0.4, -0.2) is 17.6 Å². The number of aryl methyl sites for hydroxylation is 1. The number of nitrogens with zero attached hydrogens (tertiary/aromatic N) is 1. The zero-order valence-electron chi connectivity index (χ0n) is 12.3. The number of ether oxygens (including phenoxy) is 1. The summed E-state index contributed by atoms with van der Waals surface area (Å²) in [6.45, 7) is 0. The monoisotopic (exact) mass is 314 g/mol. The van der Waals surface area contributed by atoms with E-state index in [4.69, 9.17) is 16.3 Å². The Balaban J connectivity index is 1.97. The molecule has 5 heteroatoms. The van der Waals surface area contributed by atoms with Gasteiger partial charge in [0.25, 0.3) is 5.91 Å². The van der Waals surface area contributed by atoms with E-state index in [1.807, 2.05) is 48.0 Å². The van der Waals surface area contributed by atoms with Crippen LogP contribution in [0, 0.1) is 0 Å². The van der Waals surface area contributed by atoms with Crippen molar-refractivity contribution in [2.45, 2.75) is 0 Å². The molecular weight excluding hydrogens is 300 g/mol. The number of carbonyl (C=O) groups excluding carboxylic acids is 1. The maximum absolute atomic E-state index is 12.5. The van der Waals surface area contributed by atoms with Gasteiger partial charge < -0.3 is 14.6 Å². The smallest absolute Gasteiger partial charge is 0.272 e. The Labute approximate surface area is 133 Å². The van der Waals surface area contributed by atoms with Crippen molar-refractivity contribution in [2.75, 3.05) is 12.4 Å². The molecule has 0 unspecified atom stereocenters. The first-order valence-electron chi connectivity index (χ1n) is 6.79. The lowest BCUT2D eigenvalue weighted by Gasteiger charge is -2.10. The number of aromatic nitrogens is 1. The third-order valence-electron chi connectivity index (χ3n) is 3.60. The van der Waals surface area contributed by atoms with E-state index in [1.54, 1.807) is 19.2 Å². The molecule has 0 spiro atoms. The molecule has 0 fully saturated rings. The van der Waals surface area contributed by atoms with Gasteiger partial charge in [0.05, 0.1) is 12.8 Å². The summed E-state index contributed by atoms with van der Waals surface area (Å²) < 4.78 is 7.07. The first kappa shape index (κ1) is 14.5. The van der Waals surface area contributed by atoms with E-state index in [0.717, 1.165) is 10.9 Å². The highest BCUT2D eigenvalue weighted by Crippen LogP contribution is 2.26. The van der Waals surface area contributed by atoms with E-state index in [9.17, 15) is 4.79 Å². The summed E-state index contributed by atoms with van der Waals surface area (Å²) >= 11 is 6.02. The molecule has 0 atom stereocenters. The van der Waals surface area contributed by atoms with Crippen molar-refractivity contribution in [3.63, 3.8) is 0 Å². The van der Waals surface area contributed by atoms with Crippen LogP contribution < -0.4 is 10.1 Å². The van der Waals surface area contributed by atoms with Crippen molar-refractivity contribution in [3.05, 3.63) is 59.2 Å². The number of para-hydroxylation sites is 2. The van der Waals surface area contributed by atoms with Crippen LogP contribution >= 0.6 is 11.6 Å². The van der Waals surface area contributed by atoms with Crippen molar-refractivity contribution in [3.8, 4) is 5.75 Å². The molecular formula is C17H15ClN2O2. The van der Waals surface area contributed by atoms with E-state index in [-0.39, 0.29) is 5.91 Å². The fourth-order valence-electron chi connectivity index (χ4n) is 2.46. The Morgan fingerprint density at radius 3 is 2.73 bits per heavy atom. The highest BCUT2D eigenvalue weighted by molar-refractivity contribution is 6.31. The van der Waals surface area contributed by atoms with Gasteiger partial charge in [-0.2, -0.15) is 0 Å². The summed E-state index contributed by atoms with van der Waals surface area (Å²) in [4.78, 5) is 12.5. The molecule has 1 aromatic heterocycles. The van der Waals surface area contributed by atoms with Crippen LogP contribution in [0.25, 0.3) is 10.9 Å². The number of amides is 1. The van der Waals surface area contributed by atoms with Crippen LogP contribution in [0.15, 0.2) is 48.5 Å². The summed E-state index contributed by atoms with van der Waals surface area (Å²) in [5, 5.41) is 4.49. The van der Waals surface area contributed by atoms with E-state index in [2.05, 4.69) is 5.32 Å². The standard InChI is InChI=1S/C17H15ClN2O2/c1-20-14-10-12(18)8-7-11(14)9-15(20)17(21)19-13-5-3-4-6-16(13)22-2/h3-10H,1-2H3,(H,19,21). The Kier molecular flexibility index (Phi) is 3.77. The van der Waals surface area contributed by atoms with Crippen molar-refractivity contribution in [1.29, 1.82) is 0 Å². The molecule has 4 nitrogen and oxygen atoms in total. The Morgan fingerprint density at radius 1 is 1.18 bits per heavy atom. The number of hydrogen-bond acceptors (Lipinski definition) is 2. The Morgan fingerprint density at radius 2 is 1.95 bits per heavy atom. The molecule has 0 radical (unpaired) electrons. The normalized spacial score (nSPS) is 10.7. The van der Waals surface area contributed by atoms with Crippen LogP contribution in [0.3, 0.4) is 0 Å². The van der Waals surface area contributed by atoms with Crippen molar-refractivity contribution < 1.29 is 9.53 Å². The van der Waals surface area contributed by atoms with Gasteiger partial charge in [-0.15, -0.1) is 0 Å². The highest BCUT2D eigenvalue weighted by Gasteiger charge is 2.15. The second-order valence-electron chi connectivity index (χ2n) is 4.95. The first-order valence-corrected chi connectivity index (χ1v) is 7.17. The lowest BCUT2D eigenvalue weighted by Crippen LogP contribution is -2.16. The zero-order chi connectivity index (χ0) is 15.7. The number of nitrogens with one attached hydrogen (secondary N) is 1. The van der Waals surface area contributed by atoms with Crippen LogP contribution in [-0.2, 0) is 7.05 Å². The number of benzene rings is 2. The number of anilines is 1. The minimum Gasteiger partial charge on any atom is -0.495 e. The number of fused-ring (bicyclic) bond motifs is 1. The Bertz CT molecular complexity index is 855. The van der Waals surface area contributed by atoms with E-state index >= 15 is 0 Å². The number of halogens is 1. The first-order chi connectivity index (χ1) is 10.6. The molecule has 1 amide bonds. The number of hydrogen-bond donors (Lipinski definition) is 1. The van der Waals surface area contributed by atoms with Crippen LogP contribution in [0.2, 0.25) is 5.02 Å². The largest absolute Gasteiger partial charge is 0.495 e. The van der Waals surface area contributed by atoms with E-state index < -0.39 is 0 Å². The predicted octanol–water partition coefficient (Wildman–Crippen LogP) is 4.09.